The second kappa shape index (κ2) is 11.7. The summed E-state index contributed by atoms with van der Waals surface area (Å²) < 4.78 is 9.33. The molecule has 50 heavy (non-hydrogen) atoms. The average Bonchev–Trinajstić information content (AvgIpc) is 3.77. The molecule has 0 bridgehead atoms. The Balaban J connectivity index is 1.26. The predicted octanol–water partition coefficient (Wildman–Crippen LogP) is 13.1. The summed E-state index contributed by atoms with van der Waals surface area (Å²) in [6.07, 6.45) is 0. The minimum absolute atomic E-state index is 0.659. The van der Waals surface area contributed by atoms with Crippen LogP contribution >= 0.6 is 11.3 Å². The zero-order chi connectivity index (χ0) is 33.0. The topological polar surface area (TPSA) is 38.9 Å². The first-order valence-electron chi connectivity index (χ1n) is 16.7. The van der Waals surface area contributed by atoms with Crippen molar-refractivity contribution in [3.05, 3.63) is 170 Å². The van der Waals surface area contributed by atoms with Crippen LogP contribution in [-0.4, -0.2) is 9.97 Å². The molecule has 0 radical (unpaired) electrons. The lowest BCUT2D eigenvalue weighted by atomic mass is 9.94. The van der Waals surface area contributed by atoms with Crippen LogP contribution in [0.25, 0.3) is 98.3 Å². The Kier molecular flexibility index (Phi) is 6.68. The lowest BCUT2D eigenvalue weighted by molar-refractivity contribution is 0.670. The van der Waals surface area contributed by atoms with Crippen molar-refractivity contribution >= 4 is 53.4 Å². The molecule has 10 aromatic rings. The smallest absolute Gasteiger partial charge is 0.161 e. The van der Waals surface area contributed by atoms with Crippen molar-refractivity contribution in [1.29, 1.82) is 0 Å². The van der Waals surface area contributed by atoms with E-state index in [0.717, 1.165) is 72.3 Å². The Bertz CT molecular complexity index is 2870. The maximum absolute atomic E-state index is 6.79. The summed E-state index contributed by atoms with van der Waals surface area (Å²) in [6.45, 7) is 0. The van der Waals surface area contributed by atoms with Crippen LogP contribution < -0.4 is 0 Å². The third-order valence-electron chi connectivity index (χ3n) is 9.54. The lowest BCUT2D eigenvalue weighted by Gasteiger charge is -2.14. The molecule has 3 heterocycles. The molecule has 234 valence electrons. The maximum atomic E-state index is 6.79. The number of rotatable bonds is 5. The summed E-state index contributed by atoms with van der Waals surface area (Å²) in [5.41, 5.74) is 10.9. The van der Waals surface area contributed by atoms with E-state index in [4.69, 9.17) is 14.4 Å². The van der Waals surface area contributed by atoms with Gasteiger partial charge in [0.15, 0.2) is 5.82 Å². The van der Waals surface area contributed by atoms with Crippen molar-refractivity contribution in [3.8, 4) is 56.2 Å². The number of hydrogen-bond donors (Lipinski definition) is 0. The molecule has 7 aromatic carbocycles. The standard InChI is InChI=1S/C46H28N2OS/c1-3-14-29(15-4-1)31-18-7-8-19-32(31)39-28-38(30-16-5-2-6-17-30)47-46(48-39)37-27-26-34(45-44(37)35-20-9-11-23-40(35)49-45)33-22-13-25-42-43(33)36-21-10-12-24-41(36)50-42/h1-28H. The molecule has 0 fully saturated rings. The lowest BCUT2D eigenvalue weighted by Crippen LogP contribution is -1.97. The average molecular weight is 657 g/mol. The van der Waals surface area contributed by atoms with E-state index in [1.165, 1.54) is 20.2 Å². The van der Waals surface area contributed by atoms with Gasteiger partial charge in [-0.05, 0) is 53.1 Å². The van der Waals surface area contributed by atoms with Gasteiger partial charge in [0.1, 0.15) is 11.2 Å². The van der Waals surface area contributed by atoms with E-state index >= 15 is 0 Å². The molecule has 0 unspecified atom stereocenters. The second-order valence-electron chi connectivity index (χ2n) is 12.5. The van der Waals surface area contributed by atoms with E-state index in [1.807, 2.05) is 35.6 Å². The number of para-hydroxylation sites is 1. The van der Waals surface area contributed by atoms with Crippen LogP contribution in [0.4, 0.5) is 0 Å². The summed E-state index contributed by atoms with van der Waals surface area (Å²) >= 11 is 1.83. The SMILES string of the molecule is c1ccc(-c2cc(-c3ccccc3-c3ccccc3)nc(-c3ccc(-c4cccc5sc6ccccc6c45)c4oc5ccccc5c34)n2)cc1. The van der Waals surface area contributed by atoms with E-state index in [-0.39, 0.29) is 0 Å². The van der Waals surface area contributed by atoms with Gasteiger partial charge in [-0.15, -0.1) is 11.3 Å². The van der Waals surface area contributed by atoms with Gasteiger partial charge >= 0.3 is 0 Å². The molecule has 0 aliphatic carbocycles. The highest BCUT2D eigenvalue weighted by Gasteiger charge is 2.22. The summed E-state index contributed by atoms with van der Waals surface area (Å²) in [4.78, 5) is 10.6. The molecule has 0 saturated heterocycles. The van der Waals surface area contributed by atoms with Gasteiger partial charge in [-0.1, -0.05) is 133 Å². The summed E-state index contributed by atoms with van der Waals surface area (Å²) in [7, 11) is 0. The Morgan fingerprint density at radius 3 is 1.86 bits per heavy atom. The maximum Gasteiger partial charge on any atom is 0.161 e. The largest absolute Gasteiger partial charge is 0.455 e. The first-order valence-corrected chi connectivity index (χ1v) is 17.6. The minimum atomic E-state index is 0.659. The van der Waals surface area contributed by atoms with Gasteiger partial charge in [-0.25, -0.2) is 9.97 Å². The molecule has 0 atom stereocenters. The van der Waals surface area contributed by atoms with Crippen LogP contribution in [0.15, 0.2) is 174 Å². The van der Waals surface area contributed by atoms with Gasteiger partial charge in [0.05, 0.1) is 11.4 Å². The second-order valence-corrected chi connectivity index (χ2v) is 13.6. The third-order valence-corrected chi connectivity index (χ3v) is 10.7. The summed E-state index contributed by atoms with van der Waals surface area (Å²) in [5.74, 6) is 0.659. The molecule has 0 saturated carbocycles. The van der Waals surface area contributed by atoms with Crippen LogP contribution in [-0.2, 0) is 0 Å². The third kappa shape index (κ3) is 4.65. The van der Waals surface area contributed by atoms with Gasteiger partial charge in [0.25, 0.3) is 0 Å². The fourth-order valence-corrected chi connectivity index (χ4v) is 8.40. The normalized spacial score (nSPS) is 11.6. The summed E-state index contributed by atoms with van der Waals surface area (Å²) in [5, 5.41) is 4.57. The van der Waals surface area contributed by atoms with Crippen LogP contribution in [0.1, 0.15) is 0 Å². The van der Waals surface area contributed by atoms with Crippen LogP contribution in [0.2, 0.25) is 0 Å². The van der Waals surface area contributed by atoms with E-state index < -0.39 is 0 Å². The van der Waals surface area contributed by atoms with Gasteiger partial charge < -0.3 is 4.42 Å². The van der Waals surface area contributed by atoms with Crippen molar-refractivity contribution in [2.45, 2.75) is 0 Å². The van der Waals surface area contributed by atoms with Gasteiger partial charge in [-0.2, -0.15) is 0 Å². The molecule has 4 heteroatoms. The highest BCUT2D eigenvalue weighted by atomic mass is 32.1. The molecule has 3 aromatic heterocycles. The van der Waals surface area contributed by atoms with Crippen LogP contribution in [0.3, 0.4) is 0 Å². The molecular weight excluding hydrogens is 629 g/mol. The van der Waals surface area contributed by atoms with Crippen LogP contribution in [0, 0.1) is 0 Å². The zero-order valence-corrected chi connectivity index (χ0v) is 27.7. The van der Waals surface area contributed by atoms with Crippen LogP contribution in [0.5, 0.6) is 0 Å². The number of aromatic nitrogens is 2. The van der Waals surface area contributed by atoms with Crippen molar-refractivity contribution in [2.75, 3.05) is 0 Å². The van der Waals surface area contributed by atoms with E-state index in [0.29, 0.717) is 5.82 Å². The Morgan fingerprint density at radius 1 is 0.400 bits per heavy atom. The highest BCUT2D eigenvalue weighted by Crippen LogP contribution is 2.46. The van der Waals surface area contributed by atoms with Crippen molar-refractivity contribution in [3.63, 3.8) is 0 Å². The van der Waals surface area contributed by atoms with E-state index in [2.05, 4.69) is 146 Å². The Labute approximate surface area is 292 Å². The molecule has 0 aliphatic rings. The Morgan fingerprint density at radius 2 is 1.02 bits per heavy atom. The molecule has 0 spiro atoms. The number of thiophene rings is 1. The molecule has 10 rings (SSSR count). The molecule has 0 N–H and O–H groups in total. The number of benzene rings is 7. The number of nitrogens with zero attached hydrogens (tertiary/aromatic N) is 2. The molecule has 0 amide bonds. The van der Waals surface area contributed by atoms with Crippen molar-refractivity contribution in [1.82, 2.24) is 9.97 Å². The first kappa shape index (κ1) is 28.6. The highest BCUT2D eigenvalue weighted by molar-refractivity contribution is 7.25. The Hall–Kier alpha value is -6.36. The summed E-state index contributed by atoms with van der Waals surface area (Å²) in [6, 6.07) is 59.4. The van der Waals surface area contributed by atoms with Gasteiger partial charge in [0, 0.05) is 53.2 Å². The fraction of sp³-hybridized carbons (Fsp3) is 0. The number of furan rings is 1. The monoisotopic (exact) mass is 656 g/mol. The van der Waals surface area contributed by atoms with E-state index in [1.54, 1.807) is 0 Å². The van der Waals surface area contributed by atoms with Crippen molar-refractivity contribution in [2.24, 2.45) is 0 Å². The predicted molar refractivity (Wildman–Crippen MR) is 209 cm³/mol. The van der Waals surface area contributed by atoms with E-state index in [9.17, 15) is 0 Å². The quantitative estimate of drug-likeness (QED) is 0.185. The zero-order valence-electron chi connectivity index (χ0n) is 26.9. The first-order chi connectivity index (χ1) is 24.8. The van der Waals surface area contributed by atoms with Gasteiger partial charge in [-0.3, -0.25) is 0 Å². The molecular formula is C46H28N2OS. The fourth-order valence-electron chi connectivity index (χ4n) is 7.26. The van der Waals surface area contributed by atoms with Crippen molar-refractivity contribution < 1.29 is 4.42 Å². The number of hydrogen-bond acceptors (Lipinski definition) is 4. The molecule has 0 aliphatic heterocycles. The number of fused-ring (bicyclic) bond motifs is 6. The molecule has 3 nitrogen and oxygen atoms in total. The van der Waals surface area contributed by atoms with Gasteiger partial charge in [0.2, 0.25) is 0 Å². The minimum Gasteiger partial charge on any atom is -0.455 e.